The summed E-state index contributed by atoms with van der Waals surface area (Å²) in [4.78, 5) is 15.7. The number of hydrogen-bond acceptors (Lipinski definition) is 8. The summed E-state index contributed by atoms with van der Waals surface area (Å²) >= 11 is 3.23. The van der Waals surface area contributed by atoms with Gasteiger partial charge < -0.3 is 25.8 Å². The highest BCUT2D eigenvalue weighted by Gasteiger charge is 2.44. The minimum absolute atomic E-state index is 0.113. The second-order valence-corrected chi connectivity index (χ2v) is 5.75. The maximum Gasteiger partial charge on any atom is 0.350 e. The first-order valence-electron chi connectivity index (χ1n) is 6.39. The Kier molecular flexibility index (Phi) is 3.69. The maximum atomic E-state index is 11.8. The summed E-state index contributed by atoms with van der Waals surface area (Å²) in [5.41, 5.74) is 5.42. The monoisotopic (exact) mass is 375 g/mol. The first kappa shape index (κ1) is 15.4. The van der Waals surface area contributed by atoms with Gasteiger partial charge in [0.25, 0.3) is 0 Å². The van der Waals surface area contributed by atoms with Crippen molar-refractivity contribution in [1.82, 2.24) is 19.3 Å². The number of halogens is 1. The van der Waals surface area contributed by atoms with Crippen LogP contribution < -0.4 is 11.4 Å². The topological polar surface area (TPSA) is 149 Å². The normalized spacial score (nSPS) is 28.6. The van der Waals surface area contributed by atoms with Gasteiger partial charge in [0.2, 0.25) is 0 Å². The minimum atomic E-state index is -1.33. The van der Waals surface area contributed by atoms with E-state index in [9.17, 15) is 15.0 Å². The molecular formula is C11H14BrN5O5. The van der Waals surface area contributed by atoms with E-state index in [-0.39, 0.29) is 11.5 Å². The molecule has 0 bridgehead atoms. The summed E-state index contributed by atoms with van der Waals surface area (Å²) in [6.45, 7) is -0.466. The lowest BCUT2D eigenvalue weighted by Crippen LogP contribution is -2.33. The lowest BCUT2D eigenvalue weighted by atomic mass is 10.1. The zero-order valence-electron chi connectivity index (χ0n) is 11.4. The van der Waals surface area contributed by atoms with Gasteiger partial charge in [0.1, 0.15) is 28.7 Å². The van der Waals surface area contributed by atoms with Crippen LogP contribution in [0.5, 0.6) is 0 Å². The van der Waals surface area contributed by atoms with Crippen LogP contribution in [-0.4, -0.2) is 59.6 Å². The highest BCUT2D eigenvalue weighted by molar-refractivity contribution is 9.10. The molecule has 22 heavy (non-hydrogen) atoms. The zero-order valence-corrected chi connectivity index (χ0v) is 13.0. The van der Waals surface area contributed by atoms with Crippen LogP contribution in [0.25, 0.3) is 11.0 Å². The van der Waals surface area contributed by atoms with Crippen LogP contribution in [0.4, 0.5) is 5.82 Å². The summed E-state index contributed by atoms with van der Waals surface area (Å²) in [6, 6.07) is 0. The molecule has 1 saturated heterocycles. The molecule has 2 aromatic rings. The smallest absolute Gasteiger partial charge is 0.350 e. The average Bonchev–Trinajstić information content (AvgIpc) is 2.95. The van der Waals surface area contributed by atoms with Gasteiger partial charge in [-0.15, -0.1) is 0 Å². The number of ether oxygens (including phenoxy) is 1. The Balaban J connectivity index is 2.19. The molecule has 1 aliphatic rings. The predicted octanol–water partition coefficient (Wildman–Crippen LogP) is -1.91. The number of aromatic nitrogens is 4. The molecule has 0 radical (unpaired) electrons. The third-order valence-corrected chi connectivity index (χ3v) is 4.26. The molecule has 10 nitrogen and oxygen atoms in total. The fourth-order valence-corrected chi connectivity index (χ4v) is 2.97. The van der Waals surface area contributed by atoms with Crippen LogP contribution in [0.15, 0.2) is 9.40 Å². The molecule has 0 aliphatic carbocycles. The zero-order chi connectivity index (χ0) is 16.2. The van der Waals surface area contributed by atoms with E-state index in [0.29, 0.717) is 9.99 Å². The number of hydrogen-bond donors (Lipinski definition) is 4. The fraction of sp³-hybridized carbons (Fsp3) is 0.545. The van der Waals surface area contributed by atoms with Gasteiger partial charge in [-0.2, -0.15) is 10.1 Å². The molecule has 3 heterocycles. The molecule has 0 saturated carbocycles. The second-order valence-electron chi connectivity index (χ2n) is 5.00. The Labute approximate surface area is 131 Å². The Morgan fingerprint density at radius 2 is 2.09 bits per heavy atom. The molecule has 0 spiro atoms. The Morgan fingerprint density at radius 3 is 2.68 bits per heavy atom. The quantitative estimate of drug-likeness (QED) is 0.474. The van der Waals surface area contributed by atoms with Crippen LogP contribution in [0.1, 0.15) is 6.23 Å². The maximum absolute atomic E-state index is 11.8. The standard InChI is InChI=1S/C11H14BrN5O5/c1-16-8(13)4-7(12)15-17(9(4)14-11(16)21)10-6(20)5(19)3(2-18)22-10/h3,5-6,10,18-20H,2,13H2,1H3/t3-,5-,6-,10-/m1/s1. The van der Waals surface area contributed by atoms with Crippen molar-refractivity contribution in [3.05, 3.63) is 15.1 Å². The Morgan fingerprint density at radius 1 is 1.41 bits per heavy atom. The molecule has 5 N–H and O–H groups in total. The van der Waals surface area contributed by atoms with E-state index >= 15 is 0 Å². The van der Waals surface area contributed by atoms with Gasteiger partial charge in [0.05, 0.1) is 12.0 Å². The van der Waals surface area contributed by atoms with E-state index < -0.39 is 36.8 Å². The predicted molar refractivity (Wildman–Crippen MR) is 77.9 cm³/mol. The van der Waals surface area contributed by atoms with Gasteiger partial charge >= 0.3 is 5.69 Å². The molecule has 1 fully saturated rings. The summed E-state index contributed by atoms with van der Waals surface area (Å²) < 4.78 is 8.04. The number of nitrogens with zero attached hydrogens (tertiary/aromatic N) is 4. The van der Waals surface area contributed by atoms with E-state index in [1.165, 1.54) is 11.7 Å². The van der Waals surface area contributed by atoms with E-state index in [1.54, 1.807) is 0 Å². The van der Waals surface area contributed by atoms with E-state index in [1.807, 2.05) is 0 Å². The van der Waals surface area contributed by atoms with E-state index in [2.05, 4.69) is 26.0 Å². The first-order valence-corrected chi connectivity index (χ1v) is 7.18. The minimum Gasteiger partial charge on any atom is -0.394 e. The Bertz CT molecular complexity index is 789. The summed E-state index contributed by atoms with van der Waals surface area (Å²) in [5.74, 6) is 0.153. The number of nitrogens with two attached hydrogens (primary N) is 1. The molecule has 2 aromatic heterocycles. The first-order chi connectivity index (χ1) is 10.4. The SMILES string of the molecule is Cn1c(N)c2c(Br)nn([C@@H]3O[C@H](CO)[C@@H](O)[C@H]3O)c2nc1=O. The fourth-order valence-electron chi connectivity index (χ4n) is 2.42. The highest BCUT2D eigenvalue weighted by atomic mass is 79.9. The van der Waals surface area contributed by atoms with Crippen molar-refractivity contribution in [2.24, 2.45) is 7.05 Å². The molecule has 3 rings (SSSR count). The largest absolute Gasteiger partial charge is 0.394 e. The van der Waals surface area contributed by atoms with Crippen LogP contribution in [0, 0.1) is 0 Å². The summed E-state index contributed by atoms with van der Waals surface area (Å²) in [5, 5.41) is 33.5. The van der Waals surface area contributed by atoms with Crippen LogP contribution in [0.2, 0.25) is 0 Å². The van der Waals surface area contributed by atoms with Crippen molar-refractivity contribution in [2.45, 2.75) is 24.5 Å². The molecular weight excluding hydrogens is 362 g/mol. The molecule has 0 amide bonds. The van der Waals surface area contributed by atoms with Gasteiger partial charge in [0, 0.05) is 7.05 Å². The molecule has 120 valence electrons. The lowest BCUT2D eigenvalue weighted by molar-refractivity contribution is -0.0568. The summed E-state index contributed by atoms with van der Waals surface area (Å²) in [6.07, 6.45) is -4.67. The van der Waals surface area contributed by atoms with Crippen molar-refractivity contribution in [3.8, 4) is 0 Å². The number of aliphatic hydroxyl groups excluding tert-OH is 3. The second kappa shape index (κ2) is 5.28. The van der Waals surface area contributed by atoms with Gasteiger partial charge in [-0.1, -0.05) is 0 Å². The van der Waals surface area contributed by atoms with Crippen LogP contribution in [0.3, 0.4) is 0 Å². The number of rotatable bonds is 2. The third kappa shape index (κ3) is 2.05. The van der Waals surface area contributed by atoms with E-state index in [0.717, 1.165) is 4.57 Å². The molecule has 11 heteroatoms. The van der Waals surface area contributed by atoms with Crippen LogP contribution in [-0.2, 0) is 11.8 Å². The lowest BCUT2D eigenvalue weighted by Gasteiger charge is -2.15. The van der Waals surface area contributed by atoms with Crippen LogP contribution >= 0.6 is 15.9 Å². The highest BCUT2D eigenvalue weighted by Crippen LogP contribution is 2.34. The Hall–Kier alpha value is -1.53. The summed E-state index contributed by atoms with van der Waals surface area (Å²) in [7, 11) is 1.47. The van der Waals surface area contributed by atoms with Crippen molar-refractivity contribution in [3.63, 3.8) is 0 Å². The van der Waals surface area contributed by atoms with E-state index in [4.69, 9.17) is 15.6 Å². The van der Waals surface area contributed by atoms with Crippen molar-refractivity contribution < 1.29 is 20.1 Å². The number of nitrogen functional groups attached to an aromatic ring is 1. The van der Waals surface area contributed by atoms with Crippen molar-refractivity contribution in [1.29, 1.82) is 0 Å². The molecule has 0 aromatic carbocycles. The van der Waals surface area contributed by atoms with Crippen molar-refractivity contribution in [2.75, 3.05) is 12.3 Å². The average molecular weight is 376 g/mol. The number of aliphatic hydroxyl groups is 3. The molecule has 1 aliphatic heterocycles. The van der Waals surface area contributed by atoms with Gasteiger partial charge in [-0.3, -0.25) is 4.57 Å². The molecule has 0 unspecified atom stereocenters. The third-order valence-electron chi connectivity index (χ3n) is 3.71. The number of fused-ring (bicyclic) bond motifs is 1. The number of anilines is 1. The molecule has 4 atom stereocenters. The van der Waals surface area contributed by atoms with Gasteiger partial charge in [-0.05, 0) is 15.9 Å². The van der Waals surface area contributed by atoms with Gasteiger partial charge in [-0.25, -0.2) is 9.48 Å². The van der Waals surface area contributed by atoms with Gasteiger partial charge in [0.15, 0.2) is 11.9 Å². The van der Waals surface area contributed by atoms with Crippen molar-refractivity contribution >= 4 is 32.8 Å².